The van der Waals surface area contributed by atoms with Gasteiger partial charge < -0.3 is 10.6 Å². The number of hydrogen-bond acceptors (Lipinski definition) is 4. The summed E-state index contributed by atoms with van der Waals surface area (Å²) >= 11 is 0. The number of rotatable bonds is 5. The Morgan fingerprint density at radius 2 is 2.00 bits per heavy atom. The quantitative estimate of drug-likeness (QED) is 0.865. The van der Waals surface area contributed by atoms with Gasteiger partial charge >= 0.3 is 0 Å². The molecule has 138 valence electrons. The van der Waals surface area contributed by atoms with Crippen LogP contribution >= 0.6 is 0 Å². The minimum atomic E-state index is -3.21. The summed E-state index contributed by atoms with van der Waals surface area (Å²) in [5.41, 5.74) is 7.31. The monoisotopic (exact) mass is 370 g/mol. The van der Waals surface area contributed by atoms with Crippen molar-refractivity contribution in [2.24, 2.45) is 5.73 Å². The second-order valence-corrected chi connectivity index (χ2v) is 6.30. The Bertz CT molecular complexity index is 925. The number of aromatic nitrogens is 1. The maximum absolute atomic E-state index is 13.4. The molecule has 2 amide bonds. The van der Waals surface area contributed by atoms with Crippen LogP contribution in [0.5, 0.6) is 0 Å². The van der Waals surface area contributed by atoms with Crippen LogP contribution in [0.1, 0.15) is 27.2 Å². The summed E-state index contributed by atoms with van der Waals surface area (Å²) in [6, 6.07) is 10.4. The number of benzene rings is 1. The van der Waals surface area contributed by atoms with E-state index in [1.54, 1.807) is 0 Å². The van der Waals surface area contributed by atoms with Crippen molar-refractivity contribution >= 4 is 11.8 Å². The first kappa shape index (κ1) is 18.5. The molecule has 0 bridgehead atoms. The molecule has 2 heterocycles. The van der Waals surface area contributed by atoms with Crippen molar-refractivity contribution < 1.29 is 18.4 Å². The molecule has 0 unspecified atom stereocenters. The Hall–Kier alpha value is -3.34. The van der Waals surface area contributed by atoms with Gasteiger partial charge in [-0.3, -0.25) is 14.6 Å². The molecule has 0 aliphatic carbocycles. The minimum Gasteiger partial charge on any atom is -0.366 e. The second kappa shape index (κ2) is 7.11. The van der Waals surface area contributed by atoms with Gasteiger partial charge in [-0.15, -0.1) is 0 Å². The van der Waals surface area contributed by atoms with E-state index in [-0.39, 0.29) is 17.7 Å². The van der Waals surface area contributed by atoms with Gasteiger partial charge in [-0.2, -0.15) is 5.26 Å². The Balaban J connectivity index is 1.89. The summed E-state index contributed by atoms with van der Waals surface area (Å²) in [5, 5.41) is 8.87. The molecule has 1 aromatic heterocycles. The van der Waals surface area contributed by atoms with Gasteiger partial charge in [-0.05, 0) is 17.2 Å². The number of nitriles is 1. The predicted octanol–water partition coefficient (Wildman–Crippen LogP) is 1.68. The lowest BCUT2D eigenvalue weighted by Crippen LogP contribution is -2.66. The molecule has 3 rings (SSSR count). The van der Waals surface area contributed by atoms with Gasteiger partial charge in [0, 0.05) is 18.2 Å². The molecule has 1 fully saturated rings. The van der Waals surface area contributed by atoms with Crippen molar-refractivity contribution in [1.29, 1.82) is 5.26 Å². The van der Waals surface area contributed by atoms with Crippen molar-refractivity contribution in [3.05, 3.63) is 65.0 Å². The van der Waals surface area contributed by atoms with Crippen molar-refractivity contribution in [1.82, 2.24) is 9.88 Å². The molecule has 1 aromatic carbocycles. The number of carbonyl (C=O) groups is 2. The molecular formula is C19H16F2N4O2. The Morgan fingerprint density at radius 3 is 2.59 bits per heavy atom. The van der Waals surface area contributed by atoms with E-state index < -0.39 is 30.3 Å². The van der Waals surface area contributed by atoms with E-state index in [9.17, 15) is 18.4 Å². The molecule has 8 heteroatoms. The molecular weight excluding hydrogens is 354 g/mol. The van der Waals surface area contributed by atoms with Crippen molar-refractivity contribution in [3.63, 3.8) is 0 Å². The molecule has 0 saturated carbocycles. The molecule has 2 N–H and O–H groups in total. The second-order valence-electron chi connectivity index (χ2n) is 6.30. The fourth-order valence-electron chi connectivity index (χ4n) is 3.08. The Labute approximate surface area is 154 Å². The summed E-state index contributed by atoms with van der Waals surface area (Å²) in [6.45, 7) is -0.798. The van der Waals surface area contributed by atoms with E-state index in [1.807, 2.05) is 30.3 Å². The lowest BCUT2D eigenvalue weighted by molar-refractivity contribution is -0.180. The third kappa shape index (κ3) is 3.62. The smallest absolute Gasteiger partial charge is 0.298 e. The average molecular weight is 370 g/mol. The van der Waals surface area contributed by atoms with Crippen LogP contribution in [0, 0.1) is 11.3 Å². The molecule has 1 aliphatic rings. The van der Waals surface area contributed by atoms with Crippen molar-refractivity contribution in [2.45, 2.75) is 24.8 Å². The molecule has 1 saturated heterocycles. The third-order valence-corrected chi connectivity index (χ3v) is 4.49. The number of nitrogens with zero attached hydrogens (tertiary/aromatic N) is 3. The third-order valence-electron chi connectivity index (χ3n) is 4.49. The summed E-state index contributed by atoms with van der Waals surface area (Å²) in [5.74, 6) is -4.52. The van der Waals surface area contributed by atoms with Crippen LogP contribution in [-0.2, 0) is 17.6 Å². The van der Waals surface area contributed by atoms with Gasteiger partial charge in [0.05, 0.1) is 24.7 Å². The highest BCUT2D eigenvalue weighted by Gasteiger charge is 2.57. The molecule has 6 nitrogen and oxygen atoms in total. The fraction of sp³-hybridized carbons (Fsp3) is 0.263. The molecule has 1 aliphatic heterocycles. The summed E-state index contributed by atoms with van der Waals surface area (Å²) in [7, 11) is 0. The minimum absolute atomic E-state index is 0.224. The maximum Gasteiger partial charge on any atom is 0.298 e. The Morgan fingerprint density at radius 1 is 1.30 bits per heavy atom. The lowest BCUT2D eigenvalue weighted by Gasteiger charge is -2.43. The van der Waals surface area contributed by atoms with Crippen molar-refractivity contribution in [2.75, 3.05) is 6.54 Å². The fourth-order valence-corrected chi connectivity index (χ4v) is 3.08. The molecule has 27 heavy (non-hydrogen) atoms. The van der Waals surface area contributed by atoms with Gasteiger partial charge in [0.1, 0.15) is 0 Å². The number of hydrogen-bond donors (Lipinski definition) is 1. The van der Waals surface area contributed by atoms with Crippen LogP contribution in [0.25, 0.3) is 0 Å². The number of amides is 2. The summed E-state index contributed by atoms with van der Waals surface area (Å²) < 4.78 is 26.8. The van der Waals surface area contributed by atoms with Crippen LogP contribution in [-0.4, -0.2) is 40.2 Å². The van der Waals surface area contributed by atoms with Crippen LogP contribution in [0.15, 0.2) is 42.6 Å². The number of primary amides is 1. The predicted molar refractivity (Wildman–Crippen MR) is 91.8 cm³/mol. The van der Waals surface area contributed by atoms with Crippen LogP contribution < -0.4 is 5.73 Å². The van der Waals surface area contributed by atoms with Crippen LogP contribution in [0.4, 0.5) is 8.78 Å². The normalized spacial score (nSPS) is 17.7. The first-order chi connectivity index (χ1) is 12.8. The first-order valence-corrected chi connectivity index (χ1v) is 8.21. The number of alkyl halides is 2. The van der Waals surface area contributed by atoms with Gasteiger partial charge in [-0.1, -0.05) is 30.3 Å². The molecule has 1 atom stereocenters. The van der Waals surface area contributed by atoms with Gasteiger partial charge in [0.2, 0.25) is 11.8 Å². The van der Waals surface area contributed by atoms with E-state index in [2.05, 4.69) is 4.98 Å². The zero-order chi connectivity index (χ0) is 19.6. The Kier molecular flexibility index (Phi) is 4.86. The highest BCUT2D eigenvalue weighted by Crippen LogP contribution is 2.34. The summed E-state index contributed by atoms with van der Waals surface area (Å²) in [6.07, 6.45) is 1.37. The van der Waals surface area contributed by atoms with Crippen molar-refractivity contribution in [3.8, 4) is 6.07 Å². The standard InChI is InChI=1S/C19H16F2N4O2/c20-19(21)11-25(16(19)10-22)17(26)9-15-14(8-12-4-2-1-3-5-12)13(18(23)27)6-7-24-15/h1-7,16H,8-9,11H2,(H2,23,27)/t16-/m0/s1. The lowest BCUT2D eigenvalue weighted by atomic mass is 9.94. The largest absolute Gasteiger partial charge is 0.366 e. The first-order valence-electron chi connectivity index (χ1n) is 8.21. The number of likely N-dealkylation sites (tertiary alicyclic amines) is 1. The van der Waals surface area contributed by atoms with E-state index in [0.717, 1.165) is 10.5 Å². The highest BCUT2D eigenvalue weighted by atomic mass is 19.3. The van der Waals surface area contributed by atoms with E-state index in [0.29, 0.717) is 12.0 Å². The number of carbonyl (C=O) groups excluding carboxylic acids is 2. The number of halogens is 2. The zero-order valence-electron chi connectivity index (χ0n) is 14.2. The highest BCUT2D eigenvalue weighted by molar-refractivity contribution is 5.95. The molecule has 0 spiro atoms. The van der Waals surface area contributed by atoms with Gasteiger partial charge in [-0.25, -0.2) is 8.78 Å². The van der Waals surface area contributed by atoms with E-state index in [1.165, 1.54) is 18.3 Å². The van der Waals surface area contributed by atoms with E-state index >= 15 is 0 Å². The topological polar surface area (TPSA) is 100 Å². The van der Waals surface area contributed by atoms with Crippen LogP contribution in [0.3, 0.4) is 0 Å². The number of pyridine rings is 1. The van der Waals surface area contributed by atoms with Gasteiger partial charge in [0.25, 0.3) is 5.92 Å². The average Bonchev–Trinajstić information content (AvgIpc) is 2.62. The SMILES string of the molecule is N#C[C@@H]1N(C(=O)Cc2nccc(C(N)=O)c2Cc2ccccc2)CC1(F)F. The maximum atomic E-state index is 13.4. The zero-order valence-corrected chi connectivity index (χ0v) is 14.2. The molecule has 2 aromatic rings. The molecule has 0 radical (unpaired) electrons. The summed E-state index contributed by atoms with van der Waals surface area (Å²) in [4.78, 5) is 29.2. The number of nitrogens with two attached hydrogens (primary N) is 1. The van der Waals surface area contributed by atoms with Crippen LogP contribution in [0.2, 0.25) is 0 Å². The van der Waals surface area contributed by atoms with Gasteiger partial charge in [0.15, 0.2) is 6.04 Å². The van der Waals surface area contributed by atoms with E-state index in [4.69, 9.17) is 11.0 Å².